The number of fused-ring (bicyclic) bond motifs is 1. The van der Waals surface area contributed by atoms with Crippen LogP contribution in [-0.4, -0.2) is 68.8 Å². The number of sulfonamides is 1. The maximum Gasteiger partial charge on any atom is 0.407 e. The fraction of sp³-hybridized carbons (Fsp3) is 0.343. The quantitative estimate of drug-likeness (QED) is 0.0879. The van der Waals surface area contributed by atoms with Crippen LogP contribution in [0.3, 0.4) is 0 Å². The third-order valence-corrected chi connectivity index (χ3v) is 10.4. The van der Waals surface area contributed by atoms with E-state index in [-0.39, 0.29) is 55.9 Å². The number of benzene rings is 3. The van der Waals surface area contributed by atoms with Crippen LogP contribution in [-0.2, 0) is 37.1 Å². The van der Waals surface area contributed by atoms with E-state index in [0.29, 0.717) is 28.5 Å². The summed E-state index contributed by atoms with van der Waals surface area (Å²) in [7, 11) is -4.19. The van der Waals surface area contributed by atoms with Gasteiger partial charge in [-0.25, -0.2) is 22.6 Å². The highest BCUT2D eigenvalue weighted by molar-refractivity contribution is 7.93. The maximum absolute atomic E-state index is 14.4. The van der Waals surface area contributed by atoms with Gasteiger partial charge in [0.1, 0.15) is 12.2 Å². The standard InChI is InChI=1S/C35H38FN5O9S2/c1-22-32(25-10-12-27-24(21-25)13-15-40(27)52(46,47)30-8-6-5-7-28(30)41(44)45)39-33(51-22)38-31(42)20-23-9-11-26(36)29(19-23)49-18-17-48-16-14-37-34(43)50-35(2,3)4/h5-12,19,21H,13-18,20H2,1-4H3,(H,37,43)(H,38,39,42). The first-order valence-electron chi connectivity index (χ1n) is 16.2. The molecular weight excluding hydrogens is 718 g/mol. The predicted octanol–water partition coefficient (Wildman–Crippen LogP) is 6.02. The Morgan fingerprint density at radius 3 is 2.60 bits per heavy atom. The van der Waals surface area contributed by atoms with E-state index in [2.05, 4.69) is 15.6 Å². The van der Waals surface area contributed by atoms with Crippen LogP contribution in [0.15, 0.2) is 65.6 Å². The highest BCUT2D eigenvalue weighted by atomic mass is 32.2. The van der Waals surface area contributed by atoms with Crippen molar-refractivity contribution in [1.82, 2.24) is 10.3 Å². The summed E-state index contributed by atoms with van der Waals surface area (Å²) in [6.45, 7) is 7.91. The number of nitro groups is 1. The molecule has 0 bridgehead atoms. The lowest BCUT2D eigenvalue weighted by Crippen LogP contribution is -2.34. The Bertz CT molecular complexity index is 2080. The van der Waals surface area contributed by atoms with E-state index < -0.39 is 38.1 Å². The number of ether oxygens (including phenoxy) is 3. The van der Waals surface area contributed by atoms with Crippen molar-refractivity contribution >= 4 is 49.9 Å². The van der Waals surface area contributed by atoms with Gasteiger partial charge in [0.05, 0.1) is 35.9 Å². The van der Waals surface area contributed by atoms with Gasteiger partial charge < -0.3 is 24.8 Å². The fourth-order valence-corrected chi connectivity index (χ4v) is 7.92. The number of thiazole rings is 1. The highest BCUT2D eigenvalue weighted by Gasteiger charge is 2.35. The van der Waals surface area contributed by atoms with Crippen molar-refractivity contribution < 1.29 is 41.5 Å². The minimum atomic E-state index is -4.19. The summed E-state index contributed by atoms with van der Waals surface area (Å²) in [5, 5.41) is 17.2. The van der Waals surface area contributed by atoms with Crippen molar-refractivity contribution in [2.75, 3.05) is 42.5 Å². The third-order valence-electron chi connectivity index (χ3n) is 7.64. The molecule has 5 rings (SSSR count). The molecule has 0 fully saturated rings. The van der Waals surface area contributed by atoms with E-state index in [4.69, 9.17) is 14.2 Å². The molecule has 52 heavy (non-hydrogen) atoms. The van der Waals surface area contributed by atoms with Crippen LogP contribution in [0.5, 0.6) is 5.75 Å². The van der Waals surface area contributed by atoms with Crippen LogP contribution in [0.2, 0.25) is 0 Å². The zero-order valence-corrected chi connectivity index (χ0v) is 30.6. The molecule has 276 valence electrons. The second-order valence-electron chi connectivity index (χ2n) is 12.7. The molecule has 0 spiro atoms. The summed E-state index contributed by atoms with van der Waals surface area (Å²) in [6.07, 6.45) is -0.216. The molecule has 0 aliphatic carbocycles. The van der Waals surface area contributed by atoms with E-state index in [0.717, 1.165) is 22.1 Å². The molecule has 1 aromatic heterocycles. The number of para-hydroxylation sites is 1. The maximum atomic E-state index is 14.4. The number of amides is 2. The SMILES string of the molecule is Cc1sc(NC(=O)Cc2ccc(F)c(OCCOCCNC(=O)OC(C)(C)C)c2)nc1-c1ccc2c(c1)CCN2S(=O)(=O)c1ccccc1[N+](=O)[O-]. The lowest BCUT2D eigenvalue weighted by Gasteiger charge is -2.19. The number of carbonyl (C=O) groups is 2. The molecule has 2 heterocycles. The second kappa shape index (κ2) is 16.0. The van der Waals surface area contributed by atoms with Crippen molar-refractivity contribution in [3.63, 3.8) is 0 Å². The predicted molar refractivity (Wildman–Crippen MR) is 193 cm³/mol. The number of carbonyl (C=O) groups excluding carboxylic acids is 2. The van der Waals surface area contributed by atoms with Crippen LogP contribution in [0.1, 0.15) is 36.8 Å². The topological polar surface area (TPSA) is 179 Å². The summed E-state index contributed by atoms with van der Waals surface area (Å²) < 4.78 is 58.6. The first-order chi connectivity index (χ1) is 24.6. The Labute approximate surface area is 304 Å². The number of alkyl carbamates (subject to hydrolysis) is 1. The molecule has 4 aromatic rings. The molecule has 0 saturated heterocycles. The minimum absolute atomic E-state index is 0.0295. The van der Waals surface area contributed by atoms with Crippen LogP contribution in [0.25, 0.3) is 11.3 Å². The summed E-state index contributed by atoms with van der Waals surface area (Å²) >= 11 is 1.27. The number of anilines is 2. The van der Waals surface area contributed by atoms with Gasteiger partial charge in [0, 0.05) is 29.6 Å². The lowest BCUT2D eigenvalue weighted by atomic mass is 10.1. The summed E-state index contributed by atoms with van der Waals surface area (Å²) in [4.78, 5) is 40.5. The average Bonchev–Trinajstić information content (AvgIpc) is 3.67. The molecular formula is C35H38FN5O9S2. The molecule has 2 N–H and O–H groups in total. The molecule has 1 aliphatic rings. The summed E-state index contributed by atoms with van der Waals surface area (Å²) in [6, 6.07) is 14.6. The number of halogens is 1. The number of nitro benzene ring substituents is 1. The van der Waals surface area contributed by atoms with E-state index in [1.165, 1.54) is 52.0 Å². The second-order valence-corrected chi connectivity index (χ2v) is 15.7. The van der Waals surface area contributed by atoms with Crippen LogP contribution in [0.4, 0.5) is 25.7 Å². The molecule has 3 aromatic carbocycles. The van der Waals surface area contributed by atoms with Gasteiger partial charge in [0.15, 0.2) is 21.6 Å². The van der Waals surface area contributed by atoms with Gasteiger partial charge in [-0.1, -0.05) is 24.3 Å². The number of hydrogen-bond acceptors (Lipinski definition) is 11. The highest BCUT2D eigenvalue weighted by Crippen LogP contribution is 2.39. The normalized spacial score (nSPS) is 12.7. The first-order valence-corrected chi connectivity index (χ1v) is 18.5. The van der Waals surface area contributed by atoms with Crippen molar-refractivity contribution in [2.45, 2.75) is 51.0 Å². The van der Waals surface area contributed by atoms with Crippen molar-refractivity contribution in [1.29, 1.82) is 0 Å². The number of nitrogens with one attached hydrogen (secondary N) is 2. The van der Waals surface area contributed by atoms with Gasteiger partial charge in [-0.2, -0.15) is 0 Å². The zero-order valence-electron chi connectivity index (χ0n) is 28.9. The molecule has 0 unspecified atom stereocenters. The molecule has 14 nitrogen and oxygen atoms in total. The Morgan fingerprint density at radius 1 is 1.08 bits per heavy atom. The van der Waals surface area contributed by atoms with Gasteiger partial charge in [0.2, 0.25) is 5.91 Å². The Kier molecular flexibility index (Phi) is 11.8. The van der Waals surface area contributed by atoms with Gasteiger partial charge >= 0.3 is 6.09 Å². The van der Waals surface area contributed by atoms with Gasteiger partial charge in [0.25, 0.3) is 15.7 Å². The molecule has 17 heteroatoms. The van der Waals surface area contributed by atoms with E-state index in [9.17, 15) is 32.5 Å². The number of aromatic nitrogens is 1. The van der Waals surface area contributed by atoms with Crippen LogP contribution in [0, 0.1) is 22.9 Å². The van der Waals surface area contributed by atoms with E-state index in [1.54, 1.807) is 32.9 Å². The van der Waals surface area contributed by atoms with Crippen molar-refractivity contribution in [3.8, 4) is 17.0 Å². The Balaban J connectivity index is 1.15. The molecule has 0 atom stereocenters. The molecule has 1 aliphatic heterocycles. The largest absolute Gasteiger partial charge is 0.488 e. The fourth-order valence-electron chi connectivity index (χ4n) is 5.40. The smallest absolute Gasteiger partial charge is 0.407 e. The molecule has 2 amide bonds. The zero-order chi connectivity index (χ0) is 37.6. The first kappa shape index (κ1) is 38.1. The van der Waals surface area contributed by atoms with Gasteiger partial charge in [-0.05, 0) is 75.6 Å². The van der Waals surface area contributed by atoms with Crippen LogP contribution < -0.4 is 19.7 Å². The third kappa shape index (κ3) is 9.40. The molecule has 0 saturated carbocycles. The van der Waals surface area contributed by atoms with E-state index in [1.807, 2.05) is 13.0 Å². The monoisotopic (exact) mass is 755 g/mol. The lowest BCUT2D eigenvalue weighted by molar-refractivity contribution is -0.387. The van der Waals surface area contributed by atoms with Crippen molar-refractivity contribution in [2.24, 2.45) is 0 Å². The Hall–Kier alpha value is -5.13. The summed E-state index contributed by atoms with van der Waals surface area (Å²) in [5.41, 5.74) is 1.95. The van der Waals surface area contributed by atoms with Crippen molar-refractivity contribution in [3.05, 3.63) is 92.6 Å². The number of hydrogen-bond donors (Lipinski definition) is 2. The minimum Gasteiger partial charge on any atom is -0.488 e. The Morgan fingerprint density at radius 2 is 1.85 bits per heavy atom. The molecule has 0 radical (unpaired) electrons. The van der Waals surface area contributed by atoms with Gasteiger partial charge in [-0.3, -0.25) is 19.2 Å². The number of rotatable bonds is 14. The number of nitrogens with zero attached hydrogens (tertiary/aromatic N) is 3. The van der Waals surface area contributed by atoms with Crippen LogP contribution >= 0.6 is 11.3 Å². The summed E-state index contributed by atoms with van der Waals surface area (Å²) in [5.74, 6) is -0.992. The number of aryl methyl sites for hydroxylation is 1. The van der Waals surface area contributed by atoms with E-state index >= 15 is 0 Å². The van der Waals surface area contributed by atoms with Gasteiger partial charge in [-0.15, -0.1) is 11.3 Å². The average molecular weight is 756 g/mol.